The van der Waals surface area contributed by atoms with E-state index in [1.165, 1.54) is 6.33 Å². The molecule has 0 spiro atoms. The Hall–Kier alpha value is -3.71. The van der Waals surface area contributed by atoms with Crippen LogP contribution in [0.15, 0.2) is 72.4 Å². The minimum Gasteiger partial charge on any atom is -0.321 e. The summed E-state index contributed by atoms with van der Waals surface area (Å²) in [6.45, 7) is 3.75. The Labute approximate surface area is 170 Å². The maximum Gasteiger partial charge on any atom is 0.272 e. The monoisotopic (exact) mass is 405 g/mol. The first-order chi connectivity index (χ1) is 13.9. The first-order valence-corrected chi connectivity index (χ1v) is 9.08. The fourth-order valence-electron chi connectivity index (χ4n) is 2.98. The Kier molecular flexibility index (Phi) is 4.74. The number of carbonyl (C=O) groups excluding carboxylic acids is 1. The molecule has 29 heavy (non-hydrogen) atoms. The molecule has 1 N–H and O–H groups in total. The van der Waals surface area contributed by atoms with Gasteiger partial charge in [-0.1, -0.05) is 30.3 Å². The quantitative estimate of drug-likeness (QED) is 0.526. The number of aromatic nitrogens is 4. The molecule has 0 saturated carbocycles. The summed E-state index contributed by atoms with van der Waals surface area (Å²) in [6.07, 6.45) is 2.99. The van der Waals surface area contributed by atoms with Gasteiger partial charge in [0.1, 0.15) is 12.0 Å². The van der Waals surface area contributed by atoms with Gasteiger partial charge in [0.25, 0.3) is 11.5 Å². The SMILES string of the molecule is C=C(C(=O)Nc1ccc(-c2ccnn2C)cc1)n1cnc2cc(Cl)ccc2c1=O. The molecule has 0 saturated heterocycles. The van der Waals surface area contributed by atoms with Crippen LogP contribution < -0.4 is 10.9 Å². The van der Waals surface area contributed by atoms with Crippen molar-refractivity contribution in [3.63, 3.8) is 0 Å². The number of amides is 1. The second kappa shape index (κ2) is 7.37. The largest absolute Gasteiger partial charge is 0.321 e. The summed E-state index contributed by atoms with van der Waals surface area (Å²) in [6, 6.07) is 14.0. The molecule has 0 aliphatic rings. The predicted molar refractivity (Wildman–Crippen MR) is 114 cm³/mol. The second-order valence-corrected chi connectivity index (χ2v) is 6.84. The van der Waals surface area contributed by atoms with E-state index in [4.69, 9.17) is 11.6 Å². The van der Waals surface area contributed by atoms with Crippen LogP contribution in [0.3, 0.4) is 0 Å². The number of rotatable bonds is 4. The Morgan fingerprint density at radius 1 is 1.14 bits per heavy atom. The number of benzene rings is 2. The number of nitrogens with one attached hydrogen (secondary N) is 1. The third kappa shape index (κ3) is 3.55. The minimum absolute atomic E-state index is 0.0324. The smallest absolute Gasteiger partial charge is 0.272 e. The zero-order valence-electron chi connectivity index (χ0n) is 15.5. The summed E-state index contributed by atoms with van der Waals surface area (Å²) in [5, 5.41) is 7.72. The molecule has 0 aliphatic carbocycles. The molecule has 0 aliphatic heterocycles. The number of carbonyl (C=O) groups is 1. The second-order valence-electron chi connectivity index (χ2n) is 6.40. The molecule has 2 aromatic carbocycles. The maximum atomic E-state index is 12.7. The van der Waals surface area contributed by atoms with E-state index in [2.05, 4.69) is 22.0 Å². The molecule has 7 nitrogen and oxygen atoms in total. The highest BCUT2D eigenvalue weighted by atomic mass is 35.5. The van der Waals surface area contributed by atoms with Gasteiger partial charge in [-0.25, -0.2) is 4.98 Å². The number of halogens is 1. The highest BCUT2D eigenvalue weighted by Crippen LogP contribution is 2.21. The number of fused-ring (bicyclic) bond motifs is 1. The Morgan fingerprint density at radius 3 is 2.59 bits per heavy atom. The number of anilines is 1. The molecule has 2 heterocycles. The normalized spacial score (nSPS) is 10.8. The zero-order valence-corrected chi connectivity index (χ0v) is 16.2. The molecule has 4 rings (SSSR count). The summed E-state index contributed by atoms with van der Waals surface area (Å²) < 4.78 is 2.89. The van der Waals surface area contributed by atoms with E-state index in [1.807, 2.05) is 25.2 Å². The third-order valence-electron chi connectivity index (χ3n) is 4.53. The van der Waals surface area contributed by atoms with E-state index in [0.717, 1.165) is 15.8 Å². The molecule has 4 aromatic rings. The van der Waals surface area contributed by atoms with Crippen molar-refractivity contribution < 1.29 is 4.79 Å². The van der Waals surface area contributed by atoms with E-state index in [-0.39, 0.29) is 5.70 Å². The lowest BCUT2D eigenvalue weighted by molar-refractivity contribution is -0.111. The van der Waals surface area contributed by atoms with Crippen LogP contribution in [0.5, 0.6) is 0 Å². The zero-order chi connectivity index (χ0) is 20.5. The van der Waals surface area contributed by atoms with Crippen LogP contribution in [0.2, 0.25) is 5.02 Å². The van der Waals surface area contributed by atoms with Crippen LogP contribution in [0.4, 0.5) is 5.69 Å². The number of nitrogens with zero attached hydrogens (tertiary/aromatic N) is 4. The lowest BCUT2D eigenvalue weighted by atomic mass is 10.1. The molecule has 0 fully saturated rings. The van der Waals surface area contributed by atoms with Gasteiger partial charge in [-0.05, 0) is 42.0 Å². The number of hydrogen-bond acceptors (Lipinski definition) is 4. The summed E-state index contributed by atoms with van der Waals surface area (Å²) in [4.78, 5) is 29.5. The molecule has 1 amide bonds. The average molecular weight is 406 g/mol. The van der Waals surface area contributed by atoms with Gasteiger partial charge in [0.2, 0.25) is 0 Å². The molecular formula is C21H16ClN5O2. The lowest BCUT2D eigenvalue weighted by Gasteiger charge is -2.11. The molecule has 0 bridgehead atoms. The van der Waals surface area contributed by atoms with Crippen molar-refractivity contribution in [1.82, 2.24) is 19.3 Å². The van der Waals surface area contributed by atoms with Crippen LogP contribution in [0, 0.1) is 0 Å². The highest BCUT2D eigenvalue weighted by Gasteiger charge is 2.14. The lowest BCUT2D eigenvalue weighted by Crippen LogP contribution is -2.26. The van der Waals surface area contributed by atoms with Crippen molar-refractivity contribution in [1.29, 1.82) is 0 Å². The van der Waals surface area contributed by atoms with Crippen molar-refractivity contribution in [2.24, 2.45) is 7.05 Å². The minimum atomic E-state index is -0.504. The Bertz CT molecular complexity index is 1300. The summed E-state index contributed by atoms with van der Waals surface area (Å²) in [7, 11) is 1.86. The first-order valence-electron chi connectivity index (χ1n) is 8.70. The molecule has 0 radical (unpaired) electrons. The van der Waals surface area contributed by atoms with Crippen molar-refractivity contribution >= 4 is 39.8 Å². The van der Waals surface area contributed by atoms with Crippen molar-refractivity contribution in [3.8, 4) is 11.3 Å². The molecule has 2 aromatic heterocycles. The van der Waals surface area contributed by atoms with Crippen LogP contribution >= 0.6 is 11.6 Å². The van der Waals surface area contributed by atoms with Gasteiger partial charge in [-0.15, -0.1) is 0 Å². The highest BCUT2D eigenvalue weighted by molar-refractivity contribution is 6.31. The van der Waals surface area contributed by atoms with Crippen LogP contribution in [0.1, 0.15) is 0 Å². The van der Waals surface area contributed by atoms with Gasteiger partial charge in [0, 0.05) is 24.0 Å². The van der Waals surface area contributed by atoms with E-state index in [0.29, 0.717) is 21.6 Å². The maximum absolute atomic E-state index is 12.7. The van der Waals surface area contributed by atoms with Crippen LogP contribution in [0.25, 0.3) is 27.9 Å². The average Bonchev–Trinajstić information content (AvgIpc) is 3.14. The van der Waals surface area contributed by atoms with Crippen LogP contribution in [-0.4, -0.2) is 25.2 Å². The van der Waals surface area contributed by atoms with Gasteiger partial charge in [0.15, 0.2) is 0 Å². The van der Waals surface area contributed by atoms with Gasteiger partial charge < -0.3 is 5.32 Å². The van der Waals surface area contributed by atoms with Crippen molar-refractivity contribution in [2.75, 3.05) is 5.32 Å². The van der Waals surface area contributed by atoms with E-state index < -0.39 is 11.5 Å². The fraction of sp³-hybridized carbons (Fsp3) is 0.0476. The standard InChI is InChI=1S/C21H16ClN5O2/c1-13(27-12-23-18-11-15(22)5-8-17(18)21(27)29)20(28)25-16-6-3-14(4-7-16)19-9-10-24-26(19)2/h3-12H,1H2,2H3,(H,25,28). The fourth-order valence-corrected chi connectivity index (χ4v) is 3.15. The summed E-state index contributed by atoms with van der Waals surface area (Å²) >= 11 is 5.93. The molecule has 8 heteroatoms. The van der Waals surface area contributed by atoms with Gasteiger partial charge >= 0.3 is 0 Å². The molecular weight excluding hydrogens is 390 g/mol. The van der Waals surface area contributed by atoms with Gasteiger partial charge in [-0.3, -0.25) is 18.8 Å². The van der Waals surface area contributed by atoms with E-state index in [9.17, 15) is 9.59 Å². The molecule has 0 atom stereocenters. The predicted octanol–water partition coefficient (Wildman–Crippen LogP) is 3.56. The summed E-state index contributed by atoms with van der Waals surface area (Å²) in [5.41, 5.74) is 2.54. The topological polar surface area (TPSA) is 81.8 Å². The van der Waals surface area contributed by atoms with Crippen molar-refractivity contribution in [2.45, 2.75) is 0 Å². The number of aryl methyl sites for hydroxylation is 1. The van der Waals surface area contributed by atoms with E-state index >= 15 is 0 Å². The van der Waals surface area contributed by atoms with E-state index in [1.54, 1.807) is 41.2 Å². The first kappa shape index (κ1) is 18.6. The van der Waals surface area contributed by atoms with Gasteiger partial charge in [0.05, 0.1) is 16.6 Å². The summed E-state index contributed by atoms with van der Waals surface area (Å²) in [5.74, 6) is -0.504. The molecule has 0 unspecified atom stereocenters. The third-order valence-corrected chi connectivity index (χ3v) is 4.77. The van der Waals surface area contributed by atoms with Crippen LogP contribution in [-0.2, 0) is 11.8 Å². The Morgan fingerprint density at radius 2 is 1.90 bits per heavy atom. The van der Waals surface area contributed by atoms with Crippen molar-refractivity contribution in [3.05, 3.63) is 83.0 Å². The van der Waals surface area contributed by atoms with Gasteiger partial charge in [-0.2, -0.15) is 5.10 Å². The number of hydrogen-bond donors (Lipinski definition) is 1. The Balaban J connectivity index is 1.56. The molecule has 144 valence electrons.